The van der Waals surface area contributed by atoms with Gasteiger partial charge < -0.3 is 4.57 Å². The molecule has 0 saturated heterocycles. The number of aromatic nitrogens is 1. The second kappa shape index (κ2) is 7.82. The summed E-state index contributed by atoms with van der Waals surface area (Å²) in [4.78, 5) is 0. The Morgan fingerprint density at radius 3 is 2.14 bits per heavy atom. The van der Waals surface area contributed by atoms with Crippen molar-refractivity contribution in [2.24, 2.45) is 0 Å². The molecule has 2 aromatic heterocycles. The minimum atomic E-state index is 0.609. The van der Waals surface area contributed by atoms with Crippen LogP contribution in [0, 0.1) is 22.7 Å². The maximum atomic E-state index is 9.91. The molecule has 166 valence electrons. The third-order valence-electron chi connectivity index (χ3n) is 6.82. The van der Waals surface area contributed by atoms with Gasteiger partial charge in [-0.1, -0.05) is 42.5 Å². The van der Waals surface area contributed by atoms with Gasteiger partial charge in [-0.05, 0) is 71.8 Å². The molecule has 0 unspecified atom stereocenters. The Kier molecular flexibility index (Phi) is 4.45. The van der Waals surface area contributed by atoms with Crippen LogP contribution in [0.15, 0.2) is 103 Å². The minimum absolute atomic E-state index is 0.609. The molecular formula is C32H17N3S. The molecule has 7 rings (SSSR count). The van der Waals surface area contributed by atoms with Gasteiger partial charge in [0.2, 0.25) is 0 Å². The predicted octanol–water partition coefficient (Wildman–Crippen LogP) is 8.56. The fraction of sp³-hybridized carbons (Fsp3) is 0. The van der Waals surface area contributed by atoms with E-state index in [1.165, 1.54) is 20.2 Å². The smallest absolute Gasteiger partial charge is 0.0992 e. The maximum absolute atomic E-state index is 9.91. The maximum Gasteiger partial charge on any atom is 0.0992 e. The molecule has 0 aliphatic rings. The monoisotopic (exact) mass is 475 g/mol. The van der Waals surface area contributed by atoms with E-state index in [-0.39, 0.29) is 0 Å². The summed E-state index contributed by atoms with van der Waals surface area (Å²) in [6.45, 7) is 0. The van der Waals surface area contributed by atoms with Gasteiger partial charge in [0.25, 0.3) is 0 Å². The molecular weight excluding hydrogens is 458 g/mol. The lowest BCUT2D eigenvalue weighted by Gasteiger charge is -2.12. The van der Waals surface area contributed by atoms with Crippen LogP contribution >= 0.6 is 11.3 Å². The lowest BCUT2D eigenvalue weighted by Crippen LogP contribution is -1.96. The van der Waals surface area contributed by atoms with Crippen LogP contribution in [0.25, 0.3) is 58.8 Å². The first-order valence-corrected chi connectivity index (χ1v) is 12.5. The Balaban J connectivity index is 1.50. The standard InChI is InChI=1S/C32H17N3S/c33-18-20-9-11-30-27(15-20)25-5-1-3-7-29(25)35(30)24-14-21(19-34)13-23(16-24)22-10-12-32-28(17-22)26-6-2-4-8-31(26)36-32/h1-17H. The Morgan fingerprint density at radius 1 is 0.528 bits per heavy atom. The third kappa shape index (κ3) is 3.03. The number of rotatable bonds is 2. The molecule has 0 saturated carbocycles. The van der Waals surface area contributed by atoms with Gasteiger partial charge in [0.1, 0.15) is 0 Å². The van der Waals surface area contributed by atoms with Gasteiger partial charge >= 0.3 is 0 Å². The number of para-hydroxylation sites is 1. The van der Waals surface area contributed by atoms with Gasteiger partial charge in [-0.15, -0.1) is 11.3 Å². The highest BCUT2D eigenvalue weighted by Crippen LogP contribution is 2.38. The highest BCUT2D eigenvalue weighted by molar-refractivity contribution is 7.25. The average Bonchev–Trinajstić information content (AvgIpc) is 3.47. The minimum Gasteiger partial charge on any atom is -0.309 e. The topological polar surface area (TPSA) is 52.5 Å². The van der Waals surface area contributed by atoms with E-state index < -0.39 is 0 Å². The van der Waals surface area contributed by atoms with Crippen molar-refractivity contribution < 1.29 is 0 Å². The van der Waals surface area contributed by atoms with Crippen LogP contribution in [0.2, 0.25) is 0 Å². The Hall–Kier alpha value is -4.90. The van der Waals surface area contributed by atoms with Crippen molar-refractivity contribution in [3.63, 3.8) is 0 Å². The van der Waals surface area contributed by atoms with Crippen LogP contribution in [-0.2, 0) is 0 Å². The number of fused-ring (bicyclic) bond motifs is 6. The second-order valence-corrected chi connectivity index (χ2v) is 9.97. The van der Waals surface area contributed by atoms with E-state index in [1.54, 1.807) is 11.3 Å². The van der Waals surface area contributed by atoms with E-state index in [1.807, 2.05) is 42.5 Å². The first kappa shape index (κ1) is 20.5. The van der Waals surface area contributed by atoms with Crippen molar-refractivity contribution in [2.45, 2.75) is 0 Å². The van der Waals surface area contributed by atoms with E-state index >= 15 is 0 Å². The Labute approximate surface area is 211 Å². The van der Waals surface area contributed by atoms with Crippen molar-refractivity contribution in [3.05, 3.63) is 114 Å². The summed E-state index contributed by atoms with van der Waals surface area (Å²) < 4.78 is 4.72. The van der Waals surface area contributed by atoms with Crippen LogP contribution in [0.1, 0.15) is 11.1 Å². The van der Waals surface area contributed by atoms with E-state index in [0.29, 0.717) is 11.1 Å². The van der Waals surface area contributed by atoms with Crippen molar-refractivity contribution in [2.75, 3.05) is 0 Å². The first-order chi connectivity index (χ1) is 17.7. The van der Waals surface area contributed by atoms with Crippen LogP contribution < -0.4 is 0 Å². The zero-order chi connectivity index (χ0) is 24.2. The molecule has 0 aliphatic heterocycles. The van der Waals surface area contributed by atoms with Crippen molar-refractivity contribution in [1.29, 1.82) is 10.5 Å². The third-order valence-corrected chi connectivity index (χ3v) is 7.97. The zero-order valence-electron chi connectivity index (χ0n) is 19.1. The van der Waals surface area contributed by atoms with Gasteiger partial charge in [-0.3, -0.25) is 0 Å². The first-order valence-electron chi connectivity index (χ1n) is 11.6. The molecule has 5 aromatic carbocycles. The summed E-state index contributed by atoms with van der Waals surface area (Å²) >= 11 is 1.80. The predicted molar refractivity (Wildman–Crippen MR) is 149 cm³/mol. The van der Waals surface area contributed by atoms with Crippen LogP contribution in [0.3, 0.4) is 0 Å². The normalized spacial score (nSPS) is 11.3. The summed E-state index contributed by atoms with van der Waals surface area (Å²) in [5.41, 5.74) is 6.30. The van der Waals surface area contributed by atoms with E-state index in [9.17, 15) is 10.5 Å². The van der Waals surface area contributed by atoms with E-state index in [0.717, 1.165) is 38.6 Å². The highest BCUT2D eigenvalue weighted by atomic mass is 32.1. The number of nitriles is 2. The summed E-state index contributed by atoms with van der Waals surface area (Å²) in [7, 11) is 0. The molecule has 0 N–H and O–H groups in total. The largest absolute Gasteiger partial charge is 0.309 e. The molecule has 0 atom stereocenters. The van der Waals surface area contributed by atoms with Gasteiger partial charge in [-0.2, -0.15) is 10.5 Å². The summed E-state index contributed by atoms with van der Waals surface area (Å²) in [5, 5.41) is 24.0. The average molecular weight is 476 g/mol. The van der Waals surface area contributed by atoms with Crippen LogP contribution in [-0.4, -0.2) is 4.57 Å². The number of hydrogen-bond donors (Lipinski definition) is 0. The Bertz CT molecular complexity index is 2080. The SMILES string of the molecule is N#Cc1cc(-c2ccc3sc4ccccc4c3c2)cc(-n2c3ccccc3c3cc(C#N)ccc32)c1. The lowest BCUT2D eigenvalue weighted by atomic mass is 10.00. The summed E-state index contributed by atoms with van der Waals surface area (Å²) in [6, 6.07) is 39.7. The summed E-state index contributed by atoms with van der Waals surface area (Å²) in [6.07, 6.45) is 0. The summed E-state index contributed by atoms with van der Waals surface area (Å²) in [5.74, 6) is 0. The van der Waals surface area contributed by atoms with Gasteiger partial charge in [0.05, 0.1) is 34.3 Å². The number of hydrogen-bond acceptors (Lipinski definition) is 3. The zero-order valence-corrected chi connectivity index (χ0v) is 19.9. The van der Waals surface area contributed by atoms with Crippen molar-refractivity contribution in [1.82, 2.24) is 4.57 Å². The van der Waals surface area contributed by atoms with Crippen LogP contribution in [0.4, 0.5) is 0 Å². The fourth-order valence-corrected chi connectivity index (χ4v) is 6.28. The fourth-order valence-electron chi connectivity index (χ4n) is 5.20. The number of thiophene rings is 1. The van der Waals surface area contributed by atoms with Crippen molar-refractivity contribution >= 4 is 53.3 Å². The quantitative estimate of drug-likeness (QED) is 0.251. The van der Waals surface area contributed by atoms with Crippen LogP contribution in [0.5, 0.6) is 0 Å². The molecule has 0 amide bonds. The second-order valence-electron chi connectivity index (χ2n) is 8.89. The van der Waals surface area contributed by atoms with Crippen molar-refractivity contribution in [3.8, 4) is 29.0 Å². The molecule has 2 heterocycles. The molecule has 36 heavy (non-hydrogen) atoms. The molecule has 7 aromatic rings. The molecule has 0 aliphatic carbocycles. The van der Waals surface area contributed by atoms with Gasteiger partial charge in [-0.25, -0.2) is 0 Å². The van der Waals surface area contributed by atoms with E-state index in [4.69, 9.17) is 0 Å². The lowest BCUT2D eigenvalue weighted by molar-refractivity contribution is 1.18. The molecule has 4 heteroatoms. The highest BCUT2D eigenvalue weighted by Gasteiger charge is 2.15. The van der Waals surface area contributed by atoms with Gasteiger partial charge in [0.15, 0.2) is 0 Å². The molecule has 0 radical (unpaired) electrons. The van der Waals surface area contributed by atoms with E-state index in [2.05, 4.69) is 77.4 Å². The number of nitrogens with zero attached hydrogens (tertiary/aromatic N) is 3. The molecule has 0 fully saturated rings. The molecule has 3 nitrogen and oxygen atoms in total. The molecule has 0 spiro atoms. The number of benzene rings is 5. The Morgan fingerprint density at radius 2 is 1.28 bits per heavy atom. The van der Waals surface area contributed by atoms with Gasteiger partial charge in [0, 0.05) is 36.6 Å². The molecule has 0 bridgehead atoms.